The summed E-state index contributed by atoms with van der Waals surface area (Å²) >= 11 is 3.29. The van der Waals surface area contributed by atoms with Gasteiger partial charge in [0.15, 0.2) is 0 Å². The summed E-state index contributed by atoms with van der Waals surface area (Å²) < 4.78 is 29.8. The molecule has 1 atom stereocenters. The van der Waals surface area contributed by atoms with Crippen LogP contribution in [0.3, 0.4) is 0 Å². The lowest BCUT2D eigenvalue weighted by atomic mass is 10.3. The van der Waals surface area contributed by atoms with Crippen molar-refractivity contribution >= 4 is 15.9 Å². The maximum Gasteiger partial charge on any atom is 0.250 e. The van der Waals surface area contributed by atoms with Crippen molar-refractivity contribution in [2.75, 3.05) is 19.7 Å². The molecule has 1 aromatic rings. The van der Waals surface area contributed by atoms with E-state index in [9.17, 15) is 13.9 Å². The molecule has 1 rings (SSSR count). The van der Waals surface area contributed by atoms with Crippen LogP contribution in [0.25, 0.3) is 0 Å². The molecule has 0 fully saturated rings. The Morgan fingerprint density at radius 2 is 2.12 bits per heavy atom. The van der Waals surface area contributed by atoms with E-state index >= 15 is 0 Å². The molecule has 17 heavy (non-hydrogen) atoms. The number of aliphatic hydroxyl groups excluding tert-OH is 1. The van der Waals surface area contributed by atoms with E-state index in [-0.39, 0.29) is 13.2 Å². The highest BCUT2D eigenvalue weighted by molar-refractivity contribution is 9.10. The van der Waals surface area contributed by atoms with Crippen molar-refractivity contribution in [3.05, 3.63) is 28.7 Å². The molecule has 0 aliphatic carbocycles. The average molecular weight is 310 g/mol. The molecule has 2 N–H and O–H groups in total. The Kier molecular flexibility index (Phi) is 6.39. The minimum Gasteiger partial charge on any atom is -0.491 e. The molecular weight excluding hydrogens is 296 g/mol. The van der Waals surface area contributed by atoms with Crippen molar-refractivity contribution in [3.63, 3.8) is 0 Å². The summed E-state index contributed by atoms with van der Waals surface area (Å²) in [5.74, 6) is 0.618. The molecule has 6 heteroatoms. The largest absolute Gasteiger partial charge is 0.491 e. The van der Waals surface area contributed by atoms with Gasteiger partial charge in [-0.25, -0.2) is 8.78 Å². The standard InChI is InChI=1S/C11H14BrF2NO2/c12-8-2-1-3-10(4-8)17-7-9(16)5-15-6-11(13)14/h1-4,9,11,15-16H,5-7H2. The maximum atomic E-state index is 11.8. The van der Waals surface area contributed by atoms with Crippen LogP contribution in [0.2, 0.25) is 0 Å². The van der Waals surface area contributed by atoms with Gasteiger partial charge in [-0.1, -0.05) is 22.0 Å². The van der Waals surface area contributed by atoms with E-state index < -0.39 is 19.1 Å². The van der Waals surface area contributed by atoms with Gasteiger partial charge in [0, 0.05) is 11.0 Å². The third kappa shape index (κ3) is 6.55. The smallest absolute Gasteiger partial charge is 0.250 e. The second-order valence-electron chi connectivity index (χ2n) is 3.47. The second kappa shape index (κ2) is 7.58. The van der Waals surface area contributed by atoms with E-state index in [0.717, 1.165) is 4.47 Å². The molecule has 0 aromatic heterocycles. The third-order valence-electron chi connectivity index (χ3n) is 1.92. The molecule has 0 radical (unpaired) electrons. The summed E-state index contributed by atoms with van der Waals surface area (Å²) in [6.07, 6.45) is -3.22. The molecule has 0 amide bonds. The minimum absolute atomic E-state index is 0.0622. The summed E-state index contributed by atoms with van der Waals surface area (Å²) in [5.41, 5.74) is 0. The number of aliphatic hydroxyl groups is 1. The van der Waals surface area contributed by atoms with Crippen molar-refractivity contribution in [1.29, 1.82) is 0 Å². The van der Waals surface area contributed by atoms with Crippen molar-refractivity contribution in [1.82, 2.24) is 5.32 Å². The van der Waals surface area contributed by atoms with Crippen LogP contribution in [0.5, 0.6) is 5.75 Å². The molecule has 3 nitrogen and oxygen atoms in total. The highest BCUT2D eigenvalue weighted by atomic mass is 79.9. The number of ether oxygens (including phenoxy) is 1. The van der Waals surface area contributed by atoms with E-state index in [1.807, 2.05) is 6.07 Å². The lowest BCUT2D eigenvalue weighted by Crippen LogP contribution is -2.33. The number of nitrogens with one attached hydrogen (secondary N) is 1. The van der Waals surface area contributed by atoms with Crippen molar-refractivity contribution < 1.29 is 18.6 Å². The monoisotopic (exact) mass is 309 g/mol. The third-order valence-corrected chi connectivity index (χ3v) is 2.41. The van der Waals surface area contributed by atoms with Gasteiger partial charge < -0.3 is 15.2 Å². The first kappa shape index (κ1) is 14.3. The molecule has 96 valence electrons. The van der Waals surface area contributed by atoms with Gasteiger partial charge in [0.05, 0.1) is 6.54 Å². The molecule has 0 saturated carbocycles. The topological polar surface area (TPSA) is 41.5 Å². The lowest BCUT2D eigenvalue weighted by molar-refractivity contribution is 0.0951. The zero-order valence-electron chi connectivity index (χ0n) is 9.07. The molecule has 0 heterocycles. The van der Waals surface area contributed by atoms with Crippen LogP contribution in [0, 0.1) is 0 Å². The lowest BCUT2D eigenvalue weighted by Gasteiger charge is -2.13. The summed E-state index contributed by atoms with van der Waals surface area (Å²) in [7, 11) is 0. The molecule has 0 aliphatic heterocycles. The fourth-order valence-electron chi connectivity index (χ4n) is 1.17. The Labute approximate surface area is 107 Å². The highest BCUT2D eigenvalue weighted by Crippen LogP contribution is 2.17. The normalized spacial score (nSPS) is 12.8. The van der Waals surface area contributed by atoms with E-state index in [0.29, 0.717) is 5.75 Å². The van der Waals surface area contributed by atoms with Gasteiger partial charge >= 0.3 is 0 Å². The Bertz CT molecular complexity index is 339. The molecule has 0 bridgehead atoms. The molecule has 0 spiro atoms. The zero-order chi connectivity index (χ0) is 12.7. The van der Waals surface area contributed by atoms with Crippen LogP contribution in [0.4, 0.5) is 8.78 Å². The Hall–Kier alpha value is -0.720. The van der Waals surface area contributed by atoms with E-state index in [4.69, 9.17) is 4.74 Å². The van der Waals surface area contributed by atoms with Crippen molar-refractivity contribution in [3.8, 4) is 5.75 Å². The summed E-state index contributed by atoms with van der Waals surface area (Å²) in [4.78, 5) is 0. The van der Waals surface area contributed by atoms with E-state index in [1.165, 1.54) is 0 Å². The van der Waals surface area contributed by atoms with Crippen LogP contribution in [-0.4, -0.2) is 37.3 Å². The molecule has 1 aromatic carbocycles. The molecule has 1 unspecified atom stereocenters. The number of rotatable bonds is 7. The first-order valence-corrected chi connectivity index (χ1v) is 5.92. The molecular formula is C11H14BrF2NO2. The SMILES string of the molecule is OC(CNCC(F)F)COc1cccc(Br)c1. The number of hydrogen-bond donors (Lipinski definition) is 2. The van der Waals surface area contributed by atoms with Gasteiger partial charge in [-0.2, -0.15) is 0 Å². The van der Waals surface area contributed by atoms with Gasteiger partial charge in [-0.05, 0) is 18.2 Å². The van der Waals surface area contributed by atoms with E-state index in [1.54, 1.807) is 18.2 Å². The zero-order valence-corrected chi connectivity index (χ0v) is 10.7. The Balaban J connectivity index is 2.21. The highest BCUT2D eigenvalue weighted by Gasteiger charge is 2.07. The van der Waals surface area contributed by atoms with Gasteiger partial charge in [0.1, 0.15) is 18.5 Å². The van der Waals surface area contributed by atoms with Crippen LogP contribution in [0.1, 0.15) is 0 Å². The van der Waals surface area contributed by atoms with Crippen LogP contribution in [-0.2, 0) is 0 Å². The molecule has 0 saturated heterocycles. The van der Waals surface area contributed by atoms with Crippen molar-refractivity contribution in [2.45, 2.75) is 12.5 Å². The molecule has 0 aliphatic rings. The van der Waals surface area contributed by atoms with Crippen LogP contribution >= 0.6 is 15.9 Å². The van der Waals surface area contributed by atoms with Crippen LogP contribution < -0.4 is 10.1 Å². The fourth-order valence-corrected chi connectivity index (χ4v) is 1.55. The summed E-state index contributed by atoms with van der Waals surface area (Å²) in [6, 6.07) is 7.18. The fraction of sp³-hybridized carbons (Fsp3) is 0.455. The van der Waals surface area contributed by atoms with Gasteiger partial charge in [-0.3, -0.25) is 0 Å². The van der Waals surface area contributed by atoms with E-state index in [2.05, 4.69) is 21.2 Å². The van der Waals surface area contributed by atoms with Gasteiger partial charge in [0.2, 0.25) is 0 Å². The quantitative estimate of drug-likeness (QED) is 0.810. The predicted octanol–water partition coefficient (Wildman–Crippen LogP) is 2.04. The number of halogens is 3. The first-order valence-electron chi connectivity index (χ1n) is 5.13. The number of hydrogen-bond acceptors (Lipinski definition) is 3. The Morgan fingerprint density at radius 1 is 1.35 bits per heavy atom. The summed E-state index contributed by atoms with van der Waals surface area (Å²) in [6.45, 7) is -0.279. The van der Waals surface area contributed by atoms with Gasteiger partial charge in [0.25, 0.3) is 6.43 Å². The van der Waals surface area contributed by atoms with Crippen molar-refractivity contribution in [2.24, 2.45) is 0 Å². The Morgan fingerprint density at radius 3 is 2.76 bits per heavy atom. The van der Waals surface area contributed by atoms with Crippen LogP contribution in [0.15, 0.2) is 28.7 Å². The number of alkyl halides is 2. The minimum atomic E-state index is -2.41. The van der Waals surface area contributed by atoms with Gasteiger partial charge in [-0.15, -0.1) is 0 Å². The maximum absolute atomic E-state index is 11.8. The predicted molar refractivity (Wildman–Crippen MR) is 64.5 cm³/mol. The average Bonchev–Trinajstić information content (AvgIpc) is 2.26. The summed E-state index contributed by atoms with van der Waals surface area (Å²) in [5, 5.41) is 11.9. The first-order chi connectivity index (χ1) is 8.08. The number of benzene rings is 1. The second-order valence-corrected chi connectivity index (χ2v) is 4.39.